The monoisotopic (exact) mass is 270 g/mol. The van der Waals surface area contributed by atoms with E-state index in [0.717, 1.165) is 18.7 Å². The fourth-order valence-electron chi connectivity index (χ4n) is 1.37. The highest BCUT2D eigenvalue weighted by molar-refractivity contribution is 6.31. The fourth-order valence-corrected chi connectivity index (χ4v) is 1.55. The third-order valence-corrected chi connectivity index (χ3v) is 2.88. The summed E-state index contributed by atoms with van der Waals surface area (Å²) in [7, 11) is 0. The molecule has 0 spiro atoms. The van der Waals surface area contributed by atoms with Gasteiger partial charge in [0.15, 0.2) is 0 Å². The van der Waals surface area contributed by atoms with Crippen LogP contribution >= 0.6 is 11.6 Å². The summed E-state index contributed by atoms with van der Waals surface area (Å²) in [5, 5.41) is 3.89. The van der Waals surface area contributed by atoms with Crippen molar-refractivity contribution in [1.82, 2.24) is 10.3 Å². The summed E-state index contributed by atoms with van der Waals surface area (Å²) in [5.41, 5.74) is 1.12. The smallest absolute Gasteiger partial charge is 0.213 e. The highest BCUT2D eigenvalue weighted by Gasteiger charge is 2.10. The van der Waals surface area contributed by atoms with Crippen molar-refractivity contribution in [2.75, 3.05) is 13.2 Å². The van der Waals surface area contributed by atoms with Crippen molar-refractivity contribution in [3.8, 4) is 5.88 Å². The molecular formula is C14H23ClN2O. The van der Waals surface area contributed by atoms with Crippen LogP contribution in [0.1, 0.15) is 39.8 Å². The van der Waals surface area contributed by atoms with Crippen molar-refractivity contribution in [3.05, 3.63) is 22.8 Å². The molecule has 0 aliphatic rings. The van der Waals surface area contributed by atoms with Crippen molar-refractivity contribution in [2.24, 2.45) is 5.41 Å². The normalized spacial score (nSPS) is 11.6. The molecule has 0 bridgehead atoms. The minimum atomic E-state index is 0.277. The van der Waals surface area contributed by atoms with E-state index >= 15 is 0 Å². The summed E-state index contributed by atoms with van der Waals surface area (Å²) in [5.74, 6) is 0.650. The number of aromatic nitrogens is 1. The molecule has 0 aliphatic carbocycles. The maximum Gasteiger partial charge on any atom is 0.213 e. The van der Waals surface area contributed by atoms with Gasteiger partial charge in [0.25, 0.3) is 0 Å². The van der Waals surface area contributed by atoms with Gasteiger partial charge in [0.2, 0.25) is 5.88 Å². The van der Waals surface area contributed by atoms with Crippen molar-refractivity contribution >= 4 is 11.6 Å². The van der Waals surface area contributed by atoms with E-state index in [1.165, 1.54) is 0 Å². The van der Waals surface area contributed by atoms with Gasteiger partial charge in [-0.1, -0.05) is 39.3 Å². The number of ether oxygens (including phenoxy) is 1. The Bertz CT molecular complexity index is 375. The molecule has 1 heterocycles. The third kappa shape index (κ3) is 5.69. The first-order valence-corrected chi connectivity index (χ1v) is 6.79. The summed E-state index contributed by atoms with van der Waals surface area (Å²) in [6.07, 6.45) is 1.000. The van der Waals surface area contributed by atoms with Crippen LogP contribution in [-0.4, -0.2) is 18.1 Å². The zero-order chi connectivity index (χ0) is 13.6. The van der Waals surface area contributed by atoms with Gasteiger partial charge in [0, 0.05) is 12.6 Å². The lowest BCUT2D eigenvalue weighted by molar-refractivity contribution is 0.236. The van der Waals surface area contributed by atoms with Gasteiger partial charge in [-0.3, -0.25) is 0 Å². The molecule has 0 saturated heterocycles. The van der Waals surface area contributed by atoms with E-state index in [9.17, 15) is 0 Å². The van der Waals surface area contributed by atoms with Crippen LogP contribution in [0.3, 0.4) is 0 Å². The van der Waals surface area contributed by atoms with Crippen LogP contribution in [0.15, 0.2) is 12.1 Å². The molecule has 1 N–H and O–H groups in total. The van der Waals surface area contributed by atoms with Crippen LogP contribution in [0.25, 0.3) is 0 Å². The average Bonchev–Trinajstić information content (AvgIpc) is 2.28. The molecule has 1 aromatic rings. The van der Waals surface area contributed by atoms with Gasteiger partial charge in [-0.25, -0.2) is 4.98 Å². The number of pyridine rings is 1. The molecule has 1 rings (SSSR count). The molecule has 1 aromatic heterocycles. The molecule has 18 heavy (non-hydrogen) atoms. The maximum atomic E-state index is 6.08. The van der Waals surface area contributed by atoms with Crippen LogP contribution < -0.4 is 10.1 Å². The molecule has 102 valence electrons. The SMILES string of the molecule is CCNCc1nc(OCCC(C)(C)C)ccc1Cl. The van der Waals surface area contributed by atoms with Crippen LogP contribution in [0.5, 0.6) is 5.88 Å². The van der Waals surface area contributed by atoms with Gasteiger partial charge in [0.1, 0.15) is 0 Å². The van der Waals surface area contributed by atoms with Crippen LogP contribution in [0, 0.1) is 5.41 Å². The van der Waals surface area contributed by atoms with Crippen molar-refractivity contribution in [3.63, 3.8) is 0 Å². The number of rotatable bonds is 6. The molecule has 0 aromatic carbocycles. The molecule has 3 nitrogen and oxygen atoms in total. The lowest BCUT2D eigenvalue weighted by atomic mass is 9.93. The van der Waals surface area contributed by atoms with Gasteiger partial charge in [-0.05, 0) is 24.4 Å². The lowest BCUT2D eigenvalue weighted by Gasteiger charge is -2.18. The van der Waals surface area contributed by atoms with Crippen LogP contribution in [0.2, 0.25) is 5.02 Å². The highest BCUT2D eigenvalue weighted by atomic mass is 35.5. The Labute approximate surface area is 115 Å². The number of nitrogens with zero attached hydrogens (tertiary/aromatic N) is 1. The van der Waals surface area contributed by atoms with E-state index in [4.69, 9.17) is 16.3 Å². The second kappa shape index (κ2) is 6.95. The number of halogens is 1. The Kier molecular flexibility index (Phi) is 5.89. The van der Waals surface area contributed by atoms with Crippen molar-refractivity contribution in [1.29, 1.82) is 0 Å². The zero-order valence-electron chi connectivity index (χ0n) is 11.7. The Morgan fingerprint density at radius 3 is 2.67 bits per heavy atom. The first-order valence-electron chi connectivity index (χ1n) is 6.41. The number of hydrogen-bond acceptors (Lipinski definition) is 3. The highest BCUT2D eigenvalue weighted by Crippen LogP contribution is 2.21. The summed E-state index contributed by atoms with van der Waals surface area (Å²) in [4.78, 5) is 4.41. The first-order chi connectivity index (χ1) is 8.42. The lowest BCUT2D eigenvalue weighted by Crippen LogP contribution is -2.14. The second-order valence-corrected chi connectivity index (χ2v) is 5.92. The van der Waals surface area contributed by atoms with Gasteiger partial charge in [-0.2, -0.15) is 0 Å². The Balaban J connectivity index is 2.56. The van der Waals surface area contributed by atoms with E-state index in [1.807, 2.05) is 12.1 Å². The van der Waals surface area contributed by atoms with E-state index in [-0.39, 0.29) is 5.41 Å². The van der Waals surface area contributed by atoms with E-state index < -0.39 is 0 Å². The molecule has 0 saturated carbocycles. The van der Waals surface area contributed by atoms with E-state index in [1.54, 1.807) is 0 Å². The predicted octanol–water partition coefficient (Wildman–Crippen LogP) is 3.66. The largest absolute Gasteiger partial charge is 0.478 e. The standard InChI is InChI=1S/C14H23ClN2O/c1-5-16-10-12-11(15)6-7-13(17-12)18-9-8-14(2,3)4/h6-7,16H,5,8-10H2,1-4H3. The molecule has 0 amide bonds. The molecular weight excluding hydrogens is 248 g/mol. The van der Waals surface area contributed by atoms with Crippen molar-refractivity contribution < 1.29 is 4.74 Å². The molecule has 0 fully saturated rings. The molecule has 0 atom stereocenters. The zero-order valence-corrected chi connectivity index (χ0v) is 12.5. The predicted molar refractivity (Wildman–Crippen MR) is 76.2 cm³/mol. The molecule has 0 unspecified atom stereocenters. The summed E-state index contributed by atoms with van der Waals surface area (Å²) in [6, 6.07) is 3.66. The topological polar surface area (TPSA) is 34.2 Å². The molecule has 0 aliphatic heterocycles. The molecule has 0 radical (unpaired) electrons. The van der Waals surface area contributed by atoms with Crippen LogP contribution in [0.4, 0.5) is 0 Å². The van der Waals surface area contributed by atoms with E-state index in [0.29, 0.717) is 24.1 Å². The second-order valence-electron chi connectivity index (χ2n) is 5.52. The number of hydrogen-bond donors (Lipinski definition) is 1. The van der Waals surface area contributed by atoms with Gasteiger partial charge < -0.3 is 10.1 Å². The maximum absolute atomic E-state index is 6.08. The summed E-state index contributed by atoms with van der Waals surface area (Å²) < 4.78 is 5.66. The first kappa shape index (κ1) is 15.3. The fraction of sp³-hybridized carbons (Fsp3) is 0.643. The van der Waals surface area contributed by atoms with E-state index in [2.05, 4.69) is 38.0 Å². The third-order valence-electron chi connectivity index (χ3n) is 2.54. The summed E-state index contributed by atoms with van der Waals surface area (Å²) in [6.45, 7) is 10.9. The summed E-state index contributed by atoms with van der Waals surface area (Å²) >= 11 is 6.08. The van der Waals surface area contributed by atoms with Crippen molar-refractivity contribution in [2.45, 2.75) is 40.7 Å². The Morgan fingerprint density at radius 2 is 2.06 bits per heavy atom. The Hall–Kier alpha value is -0.800. The quantitative estimate of drug-likeness (QED) is 0.857. The van der Waals surface area contributed by atoms with Gasteiger partial charge in [0.05, 0.1) is 17.3 Å². The van der Waals surface area contributed by atoms with Gasteiger partial charge >= 0.3 is 0 Å². The Morgan fingerprint density at radius 1 is 1.33 bits per heavy atom. The minimum absolute atomic E-state index is 0.277. The molecule has 4 heteroatoms. The number of nitrogens with one attached hydrogen (secondary N) is 1. The van der Waals surface area contributed by atoms with Gasteiger partial charge in [-0.15, -0.1) is 0 Å². The minimum Gasteiger partial charge on any atom is -0.478 e. The van der Waals surface area contributed by atoms with Crippen LogP contribution in [-0.2, 0) is 6.54 Å². The average molecular weight is 271 g/mol.